The molecule has 26 heavy (non-hydrogen) atoms. The van der Waals surface area contributed by atoms with E-state index in [9.17, 15) is 13.2 Å². The maximum atomic E-state index is 13.0. The molecule has 1 saturated carbocycles. The first kappa shape index (κ1) is 18.0. The van der Waals surface area contributed by atoms with Crippen LogP contribution >= 0.6 is 0 Å². The van der Waals surface area contributed by atoms with Gasteiger partial charge in [-0.05, 0) is 81.0 Å². The van der Waals surface area contributed by atoms with E-state index in [2.05, 4.69) is 12.2 Å². The number of carbonyl (C=O) groups is 1. The van der Waals surface area contributed by atoms with Gasteiger partial charge in [0.15, 0.2) is 0 Å². The summed E-state index contributed by atoms with van der Waals surface area (Å²) in [6.45, 7) is 2.92. The number of aryl methyl sites for hydroxylation is 2. The minimum absolute atomic E-state index is 0.0670. The summed E-state index contributed by atoms with van der Waals surface area (Å²) in [5, 5.41) is 3.12. The maximum absolute atomic E-state index is 13.0. The van der Waals surface area contributed by atoms with Gasteiger partial charge in [-0.25, -0.2) is 8.42 Å². The summed E-state index contributed by atoms with van der Waals surface area (Å²) < 4.78 is 27.5. The number of nitrogens with one attached hydrogen (secondary N) is 1. The molecule has 1 atom stereocenters. The molecule has 3 aliphatic rings. The van der Waals surface area contributed by atoms with Crippen molar-refractivity contribution in [3.63, 3.8) is 0 Å². The lowest BCUT2D eigenvalue weighted by Gasteiger charge is -2.31. The summed E-state index contributed by atoms with van der Waals surface area (Å²) in [6, 6.07) is 5.81. The fraction of sp³-hybridized carbons (Fsp3) is 0.650. The van der Waals surface area contributed by atoms with Crippen LogP contribution in [0.5, 0.6) is 0 Å². The average Bonchev–Trinajstić information content (AvgIpc) is 3.39. The van der Waals surface area contributed by atoms with Crippen LogP contribution in [0.25, 0.3) is 0 Å². The first-order valence-corrected chi connectivity index (χ1v) is 11.3. The highest BCUT2D eigenvalue weighted by atomic mass is 32.2. The first-order valence-electron chi connectivity index (χ1n) is 9.87. The van der Waals surface area contributed by atoms with E-state index in [0.717, 1.165) is 19.3 Å². The molecule has 1 heterocycles. The zero-order chi connectivity index (χ0) is 18.3. The van der Waals surface area contributed by atoms with Crippen molar-refractivity contribution in [2.24, 2.45) is 11.8 Å². The molecule has 2 fully saturated rings. The minimum Gasteiger partial charge on any atom is -0.353 e. The van der Waals surface area contributed by atoms with Gasteiger partial charge < -0.3 is 5.32 Å². The van der Waals surface area contributed by atoms with Gasteiger partial charge in [0, 0.05) is 25.0 Å². The van der Waals surface area contributed by atoms with Crippen LogP contribution in [0.1, 0.15) is 50.2 Å². The predicted molar refractivity (Wildman–Crippen MR) is 100 cm³/mol. The monoisotopic (exact) mass is 376 g/mol. The highest BCUT2D eigenvalue weighted by Crippen LogP contribution is 2.33. The molecule has 6 heteroatoms. The standard InChI is InChI=1S/C20H28N2O3S/c1-14(15-5-6-15)21-20(23)17-9-11-22(12-10-17)26(24,25)19-8-7-16-3-2-4-18(16)13-19/h7-8,13-15,17H,2-6,9-12H2,1H3,(H,21,23). The molecule has 1 amide bonds. The van der Waals surface area contributed by atoms with E-state index < -0.39 is 10.0 Å². The van der Waals surface area contributed by atoms with Gasteiger partial charge in [0.25, 0.3) is 0 Å². The fourth-order valence-electron chi connectivity index (χ4n) is 4.27. The fourth-order valence-corrected chi connectivity index (χ4v) is 5.79. The van der Waals surface area contributed by atoms with E-state index in [1.807, 2.05) is 12.1 Å². The number of carbonyl (C=O) groups excluding carboxylic acids is 1. The molecule has 0 bridgehead atoms. The molecule has 5 nitrogen and oxygen atoms in total. The number of sulfonamides is 1. The van der Waals surface area contributed by atoms with Crippen LogP contribution in [0.3, 0.4) is 0 Å². The molecule has 1 saturated heterocycles. The molecule has 1 unspecified atom stereocenters. The Balaban J connectivity index is 1.38. The third-order valence-electron chi connectivity index (χ3n) is 6.23. The molecule has 4 rings (SSSR count). The van der Waals surface area contributed by atoms with Crippen molar-refractivity contribution in [2.75, 3.05) is 13.1 Å². The van der Waals surface area contributed by atoms with E-state index in [0.29, 0.717) is 36.7 Å². The van der Waals surface area contributed by atoms with E-state index in [1.54, 1.807) is 10.4 Å². The van der Waals surface area contributed by atoms with Crippen molar-refractivity contribution in [3.8, 4) is 0 Å². The van der Waals surface area contributed by atoms with Gasteiger partial charge in [-0.3, -0.25) is 4.79 Å². The number of benzene rings is 1. The van der Waals surface area contributed by atoms with Gasteiger partial charge in [-0.15, -0.1) is 0 Å². The lowest BCUT2D eigenvalue weighted by molar-refractivity contribution is -0.126. The number of piperidine rings is 1. The Morgan fingerprint density at radius 1 is 1.12 bits per heavy atom. The van der Waals surface area contributed by atoms with Crippen molar-refractivity contribution < 1.29 is 13.2 Å². The summed E-state index contributed by atoms with van der Waals surface area (Å²) in [4.78, 5) is 12.8. The zero-order valence-electron chi connectivity index (χ0n) is 15.4. The van der Waals surface area contributed by atoms with Gasteiger partial charge in [-0.1, -0.05) is 6.07 Å². The highest BCUT2D eigenvalue weighted by molar-refractivity contribution is 7.89. The molecule has 1 aliphatic heterocycles. The Hall–Kier alpha value is -1.40. The molecule has 1 N–H and O–H groups in total. The van der Waals surface area contributed by atoms with Crippen LogP contribution in [-0.2, 0) is 27.7 Å². The van der Waals surface area contributed by atoms with Crippen LogP contribution in [0.15, 0.2) is 23.1 Å². The smallest absolute Gasteiger partial charge is 0.243 e. The number of hydrogen-bond acceptors (Lipinski definition) is 3. The number of fused-ring (bicyclic) bond motifs is 1. The number of amides is 1. The average molecular weight is 377 g/mol. The number of hydrogen-bond donors (Lipinski definition) is 1. The van der Waals surface area contributed by atoms with Gasteiger partial charge in [0.2, 0.25) is 15.9 Å². The third kappa shape index (κ3) is 3.54. The number of nitrogens with zero attached hydrogens (tertiary/aromatic N) is 1. The van der Waals surface area contributed by atoms with Crippen LogP contribution in [0.4, 0.5) is 0 Å². The van der Waals surface area contributed by atoms with E-state index in [1.165, 1.54) is 24.0 Å². The minimum atomic E-state index is -3.46. The Labute approximate surface area is 156 Å². The maximum Gasteiger partial charge on any atom is 0.243 e. The second kappa shape index (κ2) is 6.97. The second-order valence-corrected chi connectivity index (χ2v) is 10.0. The van der Waals surface area contributed by atoms with Crippen molar-refractivity contribution in [3.05, 3.63) is 29.3 Å². The quantitative estimate of drug-likeness (QED) is 0.859. The molecular weight excluding hydrogens is 348 g/mol. The van der Waals surface area contributed by atoms with E-state index in [4.69, 9.17) is 0 Å². The SMILES string of the molecule is CC(NC(=O)C1CCN(S(=O)(=O)c2ccc3c(c2)CCC3)CC1)C1CC1. The van der Waals surface area contributed by atoms with Crippen molar-refractivity contribution in [2.45, 2.75) is 62.8 Å². The first-order chi connectivity index (χ1) is 12.4. The van der Waals surface area contributed by atoms with Crippen molar-refractivity contribution in [1.82, 2.24) is 9.62 Å². The van der Waals surface area contributed by atoms with Crippen molar-refractivity contribution in [1.29, 1.82) is 0 Å². The summed E-state index contributed by atoms with van der Waals surface area (Å²) in [5.41, 5.74) is 2.46. The summed E-state index contributed by atoms with van der Waals surface area (Å²) in [5.74, 6) is 0.667. The Bertz CT molecular complexity index is 793. The summed E-state index contributed by atoms with van der Waals surface area (Å²) >= 11 is 0. The van der Waals surface area contributed by atoms with E-state index in [-0.39, 0.29) is 17.9 Å². The lowest BCUT2D eigenvalue weighted by atomic mass is 9.96. The van der Waals surface area contributed by atoms with E-state index >= 15 is 0 Å². The van der Waals surface area contributed by atoms with Gasteiger partial charge in [0.1, 0.15) is 0 Å². The summed E-state index contributed by atoms with van der Waals surface area (Å²) in [7, 11) is -3.46. The van der Waals surface area contributed by atoms with Gasteiger partial charge in [-0.2, -0.15) is 4.31 Å². The molecule has 0 spiro atoms. The zero-order valence-corrected chi connectivity index (χ0v) is 16.2. The Morgan fingerprint density at radius 3 is 2.50 bits per heavy atom. The van der Waals surface area contributed by atoms with Gasteiger partial charge in [0.05, 0.1) is 4.90 Å². The molecule has 142 valence electrons. The topological polar surface area (TPSA) is 66.5 Å². The Morgan fingerprint density at radius 2 is 1.81 bits per heavy atom. The third-order valence-corrected chi connectivity index (χ3v) is 8.13. The van der Waals surface area contributed by atoms with Crippen LogP contribution < -0.4 is 5.32 Å². The van der Waals surface area contributed by atoms with Gasteiger partial charge >= 0.3 is 0 Å². The highest BCUT2D eigenvalue weighted by Gasteiger charge is 2.35. The lowest BCUT2D eigenvalue weighted by Crippen LogP contribution is -2.45. The molecule has 1 aromatic rings. The second-order valence-electron chi connectivity index (χ2n) is 8.10. The number of rotatable bonds is 5. The summed E-state index contributed by atoms with van der Waals surface area (Å²) in [6.07, 6.45) is 6.76. The predicted octanol–water partition coefficient (Wildman–Crippen LogP) is 2.49. The molecule has 0 radical (unpaired) electrons. The Kier molecular flexibility index (Phi) is 4.82. The van der Waals surface area contributed by atoms with Crippen LogP contribution in [0, 0.1) is 11.8 Å². The van der Waals surface area contributed by atoms with Crippen LogP contribution in [-0.4, -0.2) is 37.8 Å². The molecule has 0 aromatic heterocycles. The molecular formula is C20H28N2O3S. The molecule has 1 aromatic carbocycles. The normalized spacial score (nSPS) is 22.8. The largest absolute Gasteiger partial charge is 0.353 e. The van der Waals surface area contributed by atoms with Crippen molar-refractivity contribution >= 4 is 15.9 Å². The van der Waals surface area contributed by atoms with Crippen LogP contribution in [0.2, 0.25) is 0 Å². The molecule has 2 aliphatic carbocycles.